The van der Waals surface area contributed by atoms with Crippen LogP contribution in [0.2, 0.25) is 0 Å². The van der Waals surface area contributed by atoms with Gasteiger partial charge in [0.1, 0.15) is 0 Å². The van der Waals surface area contributed by atoms with Crippen LogP contribution in [0.15, 0.2) is 12.1 Å². The number of ether oxygens (including phenoxy) is 3. The molecule has 2 atom stereocenters. The highest BCUT2D eigenvalue weighted by molar-refractivity contribution is 5.98. The molecule has 122 valence electrons. The van der Waals surface area contributed by atoms with E-state index in [1.807, 2.05) is 0 Å². The summed E-state index contributed by atoms with van der Waals surface area (Å²) < 4.78 is 14.4. The SMILES string of the molecule is COC(=O)C(NC(=O)c1cc(OC)c(O)c(OC)c1)C(C)O. The Bertz CT molecular complexity index is 531. The van der Waals surface area contributed by atoms with E-state index < -0.39 is 24.0 Å². The Balaban J connectivity index is 3.09. The summed E-state index contributed by atoms with van der Waals surface area (Å²) in [4.78, 5) is 23.7. The number of rotatable bonds is 6. The van der Waals surface area contributed by atoms with Crippen molar-refractivity contribution in [1.82, 2.24) is 5.32 Å². The maximum atomic E-state index is 12.2. The standard InChI is InChI=1S/C14H19NO7/c1-7(16)11(14(19)22-4)15-13(18)8-5-9(20-2)12(17)10(6-8)21-3/h5-7,11,16-17H,1-4H3,(H,15,18). The Morgan fingerprint density at radius 3 is 2.00 bits per heavy atom. The van der Waals surface area contributed by atoms with Gasteiger partial charge in [0.05, 0.1) is 27.4 Å². The predicted octanol–water partition coefficient (Wildman–Crippen LogP) is 0.0616. The number of nitrogens with one attached hydrogen (secondary N) is 1. The van der Waals surface area contributed by atoms with Gasteiger partial charge in [-0.1, -0.05) is 0 Å². The fourth-order valence-electron chi connectivity index (χ4n) is 1.75. The maximum absolute atomic E-state index is 12.2. The van der Waals surface area contributed by atoms with E-state index in [1.165, 1.54) is 33.3 Å². The third-order valence-electron chi connectivity index (χ3n) is 2.97. The van der Waals surface area contributed by atoms with Crippen molar-refractivity contribution in [3.63, 3.8) is 0 Å². The fourth-order valence-corrected chi connectivity index (χ4v) is 1.75. The maximum Gasteiger partial charge on any atom is 0.331 e. The molecular formula is C14H19NO7. The van der Waals surface area contributed by atoms with Crippen LogP contribution >= 0.6 is 0 Å². The normalized spacial score (nSPS) is 13.0. The van der Waals surface area contributed by atoms with Gasteiger partial charge in [-0.15, -0.1) is 0 Å². The number of aliphatic hydroxyl groups is 1. The predicted molar refractivity (Wildman–Crippen MR) is 76.2 cm³/mol. The molecule has 1 aromatic carbocycles. The van der Waals surface area contributed by atoms with Crippen molar-refractivity contribution in [2.24, 2.45) is 0 Å². The highest BCUT2D eigenvalue weighted by Gasteiger charge is 2.27. The van der Waals surface area contributed by atoms with Crippen LogP contribution < -0.4 is 14.8 Å². The largest absolute Gasteiger partial charge is 0.502 e. The molecule has 0 aliphatic carbocycles. The second-order valence-electron chi connectivity index (χ2n) is 4.44. The van der Waals surface area contributed by atoms with Crippen molar-refractivity contribution in [2.75, 3.05) is 21.3 Å². The van der Waals surface area contributed by atoms with Crippen LogP contribution in [0, 0.1) is 0 Å². The van der Waals surface area contributed by atoms with E-state index in [1.54, 1.807) is 0 Å². The topological polar surface area (TPSA) is 114 Å². The number of phenolic OH excluding ortho intramolecular Hbond substituents is 1. The first kappa shape index (κ1) is 17.6. The number of esters is 1. The van der Waals surface area contributed by atoms with Crippen LogP contribution in [0.3, 0.4) is 0 Å². The van der Waals surface area contributed by atoms with Gasteiger partial charge in [0.15, 0.2) is 17.5 Å². The number of amides is 1. The van der Waals surface area contributed by atoms with Gasteiger partial charge in [0.2, 0.25) is 5.75 Å². The lowest BCUT2D eigenvalue weighted by Crippen LogP contribution is -2.48. The molecule has 22 heavy (non-hydrogen) atoms. The van der Waals surface area contributed by atoms with Gasteiger partial charge in [-0.3, -0.25) is 4.79 Å². The quantitative estimate of drug-likeness (QED) is 0.636. The summed E-state index contributed by atoms with van der Waals surface area (Å²) in [6.45, 7) is 1.35. The lowest BCUT2D eigenvalue weighted by atomic mass is 10.1. The number of carbonyl (C=O) groups excluding carboxylic acids is 2. The van der Waals surface area contributed by atoms with Crippen molar-refractivity contribution in [3.8, 4) is 17.2 Å². The molecule has 1 aromatic rings. The Hall–Kier alpha value is -2.48. The van der Waals surface area contributed by atoms with Gasteiger partial charge < -0.3 is 29.7 Å². The van der Waals surface area contributed by atoms with Gasteiger partial charge in [0.25, 0.3) is 5.91 Å². The number of methoxy groups -OCH3 is 3. The number of carbonyl (C=O) groups is 2. The van der Waals surface area contributed by atoms with Gasteiger partial charge in [-0.25, -0.2) is 4.79 Å². The van der Waals surface area contributed by atoms with Crippen LogP contribution in [0.25, 0.3) is 0 Å². The van der Waals surface area contributed by atoms with E-state index in [2.05, 4.69) is 10.1 Å². The van der Waals surface area contributed by atoms with E-state index in [0.717, 1.165) is 7.11 Å². The van der Waals surface area contributed by atoms with Gasteiger partial charge in [0, 0.05) is 5.56 Å². The zero-order valence-corrected chi connectivity index (χ0v) is 12.7. The number of aromatic hydroxyl groups is 1. The average Bonchev–Trinajstić information content (AvgIpc) is 2.51. The molecule has 8 nitrogen and oxygen atoms in total. The second-order valence-corrected chi connectivity index (χ2v) is 4.44. The van der Waals surface area contributed by atoms with Crippen LogP contribution in [-0.2, 0) is 9.53 Å². The third kappa shape index (κ3) is 3.79. The first-order valence-corrected chi connectivity index (χ1v) is 6.37. The molecule has 0 aromatic heterocycles. The summed E-state index contributed by atoms with van der Waals surface area (Å²) >= 11 is 0. The minimum Gasteiger partial charge on any atom is -0.502 e. The molecule has 3 N–H and O–H groups in total. The van der Waals surface area contributed by atoms with Crippen molar-refractivity contribution < 1.29 is 34.0 Å². The number of hydrogen-bond acceptors (Lipinski definition) is 7. The number of aliphatic hydroxyl groups excluding tert-OH is 1. The lowest BCUT2D eigenvalue weighted by Gasteiger charge is -2.19. The first-order valence-electron chi connectivity index (χ1n) is 6.37. The summed E-state index contributed by atoms with van der Waals surface area (Å²) in [5, 5.41) is 21.7. The number of phenols is 1. The monoisotopic (exact) mass is 313 g/mol. The molecule has 0 spiro atoms. The van der Waals surface area contributed by atoms with Gasteiger partial charge >= 0.3 is 5.97 Å². The molecule has 8 heteroatoms. The zero-order chi connectivity index (χ0) is 16.9. The van der Waals surface area contributed by atoms with E-state index in [0.29, 0.717) is 0 Å². The molecule has 0 radical (unpaired) electrons. The zero-order valence-electron chi connectivity index (χ0n) is 12.7. The molecule has 1 rings (SSSR count). The molecule has 1 amide bonds. The summed E-state index contributed by atoms with van der Waals surface area (Å²) in [7, 11) is 3.79. The van der Waals surface area contributed by atoms with E-state index in [-0.39, 0.29) is 22.8 Å². The smallest absolute Gasteiger partial charge is 0.331 e. The molecule has 0 fully saturated rings. The molecule has 0 bridgehead atoms. The third-order valence-corrected chi connectivity index (χ3v) is 2.97. The first-order chi connectivity index (χ1) is 10.3. The van der Waals surface area contributed by atoms with Crippen molar-refractivity contribution in [3.05, 3.63) is 17.7 Å². The Morgan fingerprint density at radius 2 is 1.64 bits per heavy atom. The molecular weight excluding hydrogens is 294 g/mol. The number of hydrogen-bond donors (Lipinski definition) is 3. The van der Waals surface area contributed by atoms with Crippen LogP contribution in [0.1, 0.15) is 17.3 Å². The lowest BCUT2D eigenvalue weighted by molar-refractivity contribution is -0.145. The average molecular weight is 313 g/mol. The van der Waals surface area contributed by atoms with Gasteiger partial charge in [-0.2, -0.15) is 0 Å². The molecule has 0 heterocycles. The second kappa shape index (κ2) is 7.51. The highest BCUT2D eigenvalue weighted by atomic mass is 16.5. The fraction of sp³-hybridized carbons (Fsp3) is 0.429. The summed E-state index contributed by atoms with van der Waals surface area (Å²) in [6.07, 6.45) is -1.14. The summed E-state index contributed by atoms with van der Waals surface area (Å²) in [5.41, 5.74) is 0.0843. The summed E-state index contributed by atoms with van der Waals surface area (Å²) in [6, 6.07) is 1.34. The Morgan fingerprint density at radius 1 is 1.14 bits per heavy atom. The Labute approximate surface area is 127 Å². The van der Waals surface area contributed by atoms with Crippen molar-refractivity contribution >= 4 is 11.9 Å². The van der Waals surface area contributed by atoms with E-state index in [4.69, 9.17) is 9.47 Å². The summed E-state index contributed by atoms with van der Waals surface area (Å²) in [5.74, 6) is -1.61. The minimum absolute atomic E-state index is 0.0381. The molecule has 0 saturated carbocycles. The van der Waals surface area contributed by atoms with Crippen LogP contribution in [-0.4, -0.2) is 55.6 Å². The van der Waals surface area contributed by atoms with E-state index in [9.17, 15) is 19.8 Å². The van der Waals surface area contributed by atoms with Crippen LogP contribution in [0.5, 0.6) is 17.2 Å². The van der Waals surface area contributed by atoms with Crippen molar-refractivity contribution in [1.29, 1.82) is 0 Å². The van der Waals surface area contributed by atoms with Crippen molar-refractivity contribution in [2.45, 2.75) is 19.1 Å². The highest BCUT2D eigenvalue weighted by Crippen LogP contribution is 2.37. The molecule has 0 aliphatic rings. The van der Waals surface area contributed by atoms with Crippen LogP contribution in [0.4, 0.5) is 0 Å². The minimum atomic E-state index is -1.22. The number of benzene rings is 1. The molecule has 2 unspecified atom stereocenters. The Kier molecular flexibility index (Phi) is 6.00. The molecule has 0 saturated heterocycles. The van der Waals surface area contributed by atoms with Gasteiger partial charge in [-0.05, 0) is 19.1 Å². The molecule has 0 aliphatic heterocycles. The van der Waals surface area contributed by atoms with E-state index >= 15 is 0 Å².